The fraction of sp³-hybridized carbons (Fsp3) is 0.452. The zero-order chi connectivity index (χ0) is 28.9. The van der Waals surface area contributed by atoms with Crippen molar-refractivity contribution in [1.82, 2.24) is 5.16 Å². The Morgan fingerprint density at radius 2 is 1.90 bits per heavy atom. The Bertz CT molecular complexity index is 1490. The van der Waals surface area contributed by atoms with Gasteiger partial charge < -0.3 is 19.1 Å². The minimum Gasteiger partial charge on any atom is -0.481 e. The molecule has 41 heavy (non-hydrogen) atoms. The molecule has 2 aliphatic heterocycles. The van der Waals surface area contributed by atoms with Gasteiger partial charge in [0, 0.05) is 22.1 Å². The molecule has 216 valence electrons. The highest BCUT2D eigenvalue weighted by Gasteiger charge is 2.52. The number of aryl methyl sites for hydroxylation is 1. The largest absolute Gasteiger partial charge is 0.481 e. The molecule has 2 bridgehead atoms. The predicted octanol–water partition coefficient (Wildman–Crippen LogP) is 7.00. The number of ether oxygens (including phenoxy) is 2. The van der Waals surface area contributed by atoms with Gasteiger partial charge in [-0.2, -0.15) is 0 Å². The molecule has 4 aliphatic rings. The molecule has 3 aromatic rings. The molecule has 2 saturated heterocycles. The Morgan fingerprint density at radius 3 is 2.54 bits per heavy atom. The number of carbonyl (C=O) groups excluding carboxylic acids is 1. The Labute approximate surface area is 236 Å². The maximum atomic E-state index is 16.1. The number of halogens is 2. The number of anilines is 1. The number of carbonyl (C=O) groups is 2. The van der Waals surface area contributed by atoms with E-state index in [1.807, 2.05) is 6.92 Å². The maximum Gasteiger partial charge on any atom is 0.412 e. The van der Waals surface area contributed by atoms with Crippen molar-refractivity contribution >= 4 is 17.7 Å². The second-order valence-electron chi connectivity index (χ2n) is 11.7. The summed E-state index contributed by atoms with van der Waals surface area (Å²) in [4.78, 5) is 23.8. The van der Waals surface area contributed by atoms with Gasteiger partial charge in [-0.05, 0) is 69.9 Å². The molecule has 4 fully saturated rings. The van der Waals surface area contributed by atoms with Gasteiger partial charge in [0.15, 0.2) is 5.76 Å². The van der Waals surface area contributed by atoms with Crippen molar-refractivity contribution in [2.45, 2.75) is 75.9 Å². The van der Waals surface area contributed by atoms with Crippen LogP contribution in [0.1, 0.15) is 63.1 Å². The highest BCUT2D eigenvalue weighted by Crippen LogP contribution is 2.52. The number of aliphatic carboxylic acids is 1. The lowest BCUT2D eigenvalue weighted by molar-refractivity contribution is -0.175. The molecular formula is C31H32F2N2O6. The SMILES string of the molecule is Cc1noc(-c2ccc(-c3cccc(C45CCC(CC(=O)O)(CC4)OC5)c3F)c(F)c2)c1NC(=O)O[C@H](C)C1CC1. The Hall–Kier alpha value is -3.79. The summed E-state index contributed by atoms with van der Waals surface area (Å²) in [7, 11) is 0. The van der Waals surface area contributed by atoms with Crippen LogP contribution in [0.15, 0.2) is 40.9 Å². The number of nitrogens with zero attached hydrogens (tertiary/aromatic N) is 1. The summed E-state index contributed by atoms with van der Waals surface area (Å²) in [6.45, 7) is 3.73. The zero-order valence-electron chi connectivity index (χ0n) is 23.0. The van der Waals surface area contributed by atoms with E-state index in [1.165, 1.54) is 18.2 Å². The average molecular weight is 567 g/mol. The van der Waals surface area contributed by atoms with E-state index < -0.39 is 34.7 Å². The molecule has 8 nitrogen and oxygen atoms in total. The summed E-state index contributed by atoms with van der Waals surface area (Å²) in [6.07, 6.45) is 3.43. The first kappa shape index (κ1) is 27.4. The van der Waals surface area contributed by atoms with Crippen molar-refractivity contribution in [2.24, 2.45) is 5.92 Å². The third-order valence-electron chi connectivity index (χ3n) is 9.01. The lowest BCUT2D eigenvalue weighted by atomic mass is 9.62. The standard InChI is InChI=1S/C31H32F2N2O6/c1-17-27(34-29(38)40-18(2)19-6-7-19)28(41-35-17)20-8-9-21(24(32)14-20)22-4-3-5-23(26(22)33)30-10-12-31(13-11-30,39-16-30)15-25(36)37/h3-5,8-9,14,18-19H,6-7,10-13,15-16H2,1-2H3,(H,34,38)(H,36,37)/t18-,30?,31?/m1/s1. The van der Waals surface area contributed by atoms with Crippen LogP contribution in [0.25, 0.3) is 22.5 Å². The number of fused-ring (bicyclic) bond motifs is 3. The first-order chi connectivity index (χ1) is 19.6. The Balaban J connectivity index is 1.25. The van der Waals surface area contributed by atoms with Crippen LogP contribution in [0, 0.1) is 24.5 Å². The van der Waals surface area contributed by atoms with Gasteiger partial charge in [0.2, 0.25) is 0 Å². The van der Waals surface area contributed by atoms with Crippen molar-refractivity contribution in [2.75, 3.05) is 11.9 Å². The van der Waals surface area contributed by atoms with Gasteiger partial charge in [-0.3, -0.25) is 10.1 Å². The molecule has 1 amide bonds. The van der Waals surface area contributed by atoms with E-state index in [0.29, 0.717) is 48.4 Å². The molecule has 2 N–H and O–H groups in total. The molecule has 7 rings (SSSR count). The molecular weight excluding hydrogens is 534 g/mol. The zero-order valence-corrected chi connectivity index (χ0v) is 23.0. The monoisotopic (exact) mass is 566 g/mol. The summed E-state index contributed by atoms with van der Waals surface area (Å²) < 4.78 is 48.5. The third kappa shape index (κ3) is 5.09. The number of hydrogen-bond donors (Lipinski definition) is 2. The van der Waals surface area contributed by atoms with Crippen molar-refractivity contribution in [3.63, 3.8) is 0 Å². The van der Waals surface area contributed by atoms with Crippen molar-refractivity contribution in [3.05, 3.63) is 59.3 Å². The average Bonchev–Trinajstić information content (AvgIpc) is 3.74. The van der Waals surface area contributed by atoms with E-state index in [9.17, 15) is 14.7 Å². The quantitative estimate of drug-likeness (QED) is 0.302. The second kappa shape index (κ2) is 10.2. The van der Waals surface area contributed by atoms with Gasteiger partial charge in [0.1, 0.15) is 29.1 Å². The van der Waals surface area contributed by atoms with Gasteiger partial charge in [-0.25, -0.2) is 13.6 Å². The van der Waals surface area contributed by atoms with Crippen LogP contribution in [0.4, 0.5) is 19.3 Å². The van der Waals surface area contributed by atoms with Crippen LogP contribution in [0.3, 0.4) is 0 Å². The molecule has 2 aromatic carbocycles. The van der Waals surface area contributed by atoms with Crippen LogP contribution in [-0.2, 0) is 19.7 Å². The number of nitrogens with one attached hydrogen (secondary N) is 1. The van der Waals surface area contributed by atoms with Gasteiger partial charge in [0.25, 0.3) is 0 Å². The summed E-state index contributed by atoms with van der Waals surface area (Å²) in [6, 6.07) is 9.26. The van der Waals surface area contributed by atoms with Crippen molar-refractivity contribution < 1.29 is 37.5 Å². The number of aromatic nitrogens is 1. The molecule has 1 aromatic heterocycles. The highest BCUT2D eigenvalue weighted by atomic mass is 19.1. The number of hydrogen-bond acceptors (Lipinski definition) is 6. The fourth-order valence-corrected chi connectivity index (χ4v) is 6.32. The summed E-state index contributed by atoms with van der Waals surface area (Å²) in [5, 5.41) is 15.9. The molecule has 1 atom stereocenters. The van der Waals surface area contributed by atoms with Gasteiger partial charge in [-0.15, -0.1) is 0 Å². The molecule has 10 heteroatoms. The summed E-state index contributed by atoms with van der Waals surface area (Å²) in [5.41, 5.74) is 0.412. The lowest BCUT2D eigenvalue weighted by Crippen LogP contribution is -2.54. The fourth-order valence-electron chi connectivity index (χ4n) is 6.32. The van der Waals surface area contributed by atoms with Gasteiger partial charge in [0.05, 0.1) is 18.6 Å². The Kier molecular flexibility index (Phi) is 6.84. The second-order valence-corrected chi connectivity index (χ2v) is 11.7. The topological polar surface area (TPSA) is 111 Å². The summed E-state index contributed by atoms with van der Waals surface area (Å²) >= 11 is 0. The molecule has 3 heterocycles. The van der Waals surface area contributed by atoms with Crippen LogP contribution >= 0.6 is 0 Å². The van der Waals surface area contributed by atoms with Crippen LogP contribution < -0.4 is 5.32 Å². The molecule has 0 radical (unpaired) electrons. The Morgan fingerprint density at radius 1 is 1.15 bits per heavy atom. The van der Waals surface area contributed by atoms with E-state index in [1.54, 1.807) is 25.1 Å². The number of carboxylic acids is 1. The first-order valence-electron chi connectivity index (χ1n) is 14.0. The van der Waals surface area contributed by atoms with Gasteiger partial charge in [-0.1, -0.05) is 35.5 Å². The van der Waals surface area contributed by atoms with E-state index in [2.05, 4.69) is 10.5 Å². The smallest absolute Gasteiger partial charge is 0.412 e. The lowest BCUT2D eigenvalue weighted by Gasteiger charge is -2.53. The predicted molar refractivity (Wildman–Crippen MR) is 145 cm³/mol. The first-order valence-corrected chi connectivity index (χ1v) is 14.0. The number of rotatable bonds is 8. The van der Waals surface area contributed by atoms with E-state index in [-0.39, 0.29) is 41.7 Å². The van der Waals surface area contributed by atoms with E-state index >= 15 is 8.78 Å². The van der Waals surface area contributed by atoms with E-state index in [4.69, 9.17) is 14.0 Å². The molecule has 0 unspecified atom stereocenters. The summed E-state index contributed by atoms with van der Waals surface area (Å²) in [5.74, 6) is -1.54. The van der Waals surface area contributed by atoms with Crippen LogP contribution in [-0.4, -0.2) is 40.6 Å². The maximum absolute atomic E-state index is 16.1. The van der Waals surface area contributed by atoms with Crippen LogP contribution in [0.2, 0.25) is 0 Å². The van der Waals surface area contributed by atoms with Gasteiger partial charge >= 0.3 is 12.1 Å². The van der Waals surface area contributed by atoms with Crippen LogP contribution in [0.5, 0.6) is 0 Å². The van der Waals surface area contributed by atoms with Crippen molar-refractivity contribution in [3.8, 4) is 22.5 Å². The van der Waals surface area contributed by atoms with Crippen molar-refractivity contribution in [1.29, 1.82) is 0 Å². The number of benzene rings is 2. The highest BCUT2D eigenvalue weighted by molar-refractivity contribution is 5.91. The molecule has 2 aliphatic carbocycles. The third-order valence-corrected chi connectivity index (χ3v) is 9.01. The minimum absolute atomic E-state index is 0.0636. The minimum atomic E-state index is -0.905. The molecule has 2 saturated carbocycles. The number of carboxylic acid groups (broad SMARTS) is 1. The normalized spacial score (nSPS) is 24.2. The number of amides is 1. The molecule has 0 spiro atoms. The van der Waals surface area contributed by atoms with E-state index in [0.717, 1.165) is 12.8 Å².